The molecule has 3 rings (SSSR count). The molecule has 2 aliphatic carbocycles. The number of nitrogens with two attached hydrogens (primary N) is 1. The molecular weight excluding hydrogens is 252 g/mol. The Bertz CT molecular complexity index is 499. The highest BCUT2D eigenvalue weighted by molar-refractivity contribution is 5.47. The van der Waals surface area contributed by atoms with Gasteiger partial charge >= 0.3 is 0 Å². The lowest BCUT2D eigenvalue weighted by Crippen LogP contribution is -2.58. The third-order valence-electron chi connectivity index (χ3n) is 4.57. The summed E-state index contributed by atoms with van der Waals surface area (Å²) in [7, 11) is 0. The van der Waals surface area contributed by atoms with Crippen molar-refractivity contribution in [3.63, 3.8) is 0 Å². The Kier molecular flexibility index (Phi) is 3.32. The maximum Gasteiger partial charge on any atom is 0.136 e. The predicted molar refractivity (Wildman–Crippen MR) is 79.6 cm³/mol. The van der Waals surface area contributed by atoms with Crippen molar-refractivity contribution in [2.24, 2.45) is 5.41 Å². The van der Waals surface area contributed by atoms with Gasteiger partial charge in [-0.1, -0.05) is 13.8 Å². The fourth-order valence-corrected chi connectivity index (χ4v) is 2.88. The van der Waals surface area contributed by atoms with Crippen LogP contribution in [0.4, 0.5) is 11.6 Å². The van der Waals surface area contributed by atoms with Crippen molar-refractivity contribution in [2.75, 3.05) is 17.7 Å². The van der Waals surface area contributed by atoms with E-state index in [0.29, 0.717) is 23.9 Å². The van der Waals surface area contributed by atoms with Gasteiger partial charge in [-0.3, -0.25) is 0 Å². The van der Waals surface area contributed by atoms with Gasteiger partial charge in [0.2, 0.25) is 0 Å². The second kappa shape index (κ2) is 4.88. The molecule has 5 heteroatoms. The van der Waals surface area contributed by atoms with E-state index < -0.39 is 0 Å². The smallest absolute Gasteiger partial charge is 0.136 e. The van der Waals surface area contributed by atoms with Crippen LogP contribution in [-0.4, -0.2) is 28.7 Å². The number of nitrogens with zero attached hydrogens (tertiary/aromatic N) is 2. The summed E-state index contributed by atoms with van der Waals surface area (Å²) in [5.41, 5.74) is 6.01. The molecule has 2 atom stereocenters. The fraction of sp³-hybridized carbons (Fsp3) is 0.733. The number of nitrogen functional groups attached to an aromatic ring is 1. The largest absolute Gasteiger partial charge is 0.384 e. The summed E-state index contributed by atoms with van der Waals surface area (Å²) >= 11 is 0. The number of anilines is 2. The first-order valence-electron chi connectivity index (χ1n) is 7.53. The first-order chi connectivity index (χ1) is 9.50. The summed E-state index contributed by atoms with van der Waals surface area (Å²) < 4.78 is 5.76. The quantitative estimate of drug-likeness (QED) is 0.864. The molecule has 5 nitrogen and oxygen atoms in total. The molecule has 2 fully saturated rings. The molecule has 0 saturated heterocycles. The molecule has 0 radical (unpaired) electrons. The SMILES string of the molecule is CCOC1CC(Nc2cc(N)nc(C3CC3)n2)C1(C)C. The van der Waals surface area contributed by atoms with Gasteiger partial charge in [-0.15, -0.1) is 0 Å². The summed E-state index contributed by atoms with van der Waals surface area (Å²) in [6.45, 7) is 7.29. The van der Waals surface area contributed by atoms with Crippen molar-refractivity contribution in [3.05, 3.63) is 11.9 Å². The molecule has 1 aromatic heterocycles. The van der Waals surface area contributed by atoms with E-state index in [2.05, 4.69) is 29.1 Å². The van der Waals surface area contributed by atoms with Crippen molar-refractivity contribution < 1.29 is 4.74 Å². The number of ether oxygens (including phenoxy) is 1. The minimum Gasteiger partial charge on any atom is -0.384 e. The summed E-state index contributed by atoms with van der Waals surface area (Å²) in [6, 6.07) is 2.20. The Morgan fingerprint density at radius 2 is 2.15 bits per heavy atom. The van der Waals surface area contributed by atoms with Crippen molar-refractivity contribution in [1.82, 2.24) is 9.97 Å². The minimum atomic E-state index is 0.121. The van der Waals surface area contributed by atoms with Gasteiger partial charge in [0.25, 0.3) is 0 Å². The van der Waals surface area contributed by atoms with Crippen LogP contribution in [0, 0.1) is 5.41 Å². The highest BCUT2D eigenvalue weighted by atomic mass is 16.5. The summed E-state index contributed by atoms with van der Waals surface area (Å²) in [6.07, 6.45) is 3.71. The third-order valence-corrected chi connectivity index (χ3v) is 4.57. The molecular formula is C15H24N4O. The van der Waals surface area contributed by atoms with E-state index in [1.54, 1.807) is 0 Å². The van der Waals surface area contributed by atoms with Crippen LogP contribution >= 0.6 is 0 Å². The van der Waals surface area contributed by atoms with Crippen LogP contribution in [-0.2, 0) is 4.74 Å². The zero-order chi connectivity index (χ0) is 14.3. The highest BCUT2D eigenvalue weighted by Gasteiger charge is 2.49. The van der Waals surface area contributed by atoms with Gasteiger partial charge in [0.1, 0.15) is 17.5 Å². The molecule has 3 N–H and O–H groups in total. The predicted octanol–water partition coefficient (Wildman–Crippen LogP) is 2.55. The molecule has 0 bridgehead atoms. The van der Waals surface area contributed by atoms with Crippen LogP contribution < -0.4 is 11.1 Å². The van der Waals surface area contributed by atoms with Crippen LogP contribution in [0.2, 0.25) is 0 Å². The Balaban J connectivity index is 1.69. The van der Waals surface area contributed by atoms with Gasteiger partial charge in [-0.2, -0.15) is 0 Å². The van der Waals surface area contributed by atoms with Crippen molar-refractivity contribution in [1.29, 1.82) is 0 Å². The Hall–Kier alpha value is -1.36. The summed E-state index contributed by atoms with van der Waals surface area (Å²) in [4.78, 5) is 8.94. The average Bonchev–Trinajstić information content (AvgIpc) is 3.21. The topological polar surface area (TPSA) is 73.1 Å². The van der Waals surface area contributed by atoms with Gasteiger partial charge in [-0.25, -0.2) is 9.97 Å². The maximum absolute atomic E-state index is 5.89. The molecule has 0 aromatic carbocycles. The van der Waals surface area contributed by atoms with Crippen molar-refractivity contribution >= 4 is 11.6 Å². The molecule has 2 unspecified atom stereocenters. The first-order valence-corrected chi connectivity index (χ1v) is 7.53. The number of aromatic nitrogens is 2. The van der Waals surface area contributed by atoms with Crippen LogP contribution in [0.3, 0.4) is 0 Å². The lowest BCUT2D eigenvalue weighted by atomic mass is 9.64. The van der Waals surface area contributed by atoms with E-state index in [1.807, 2.05) is 13.0 Å². The molecule has 0 amide bonds. The third kappa shape index (κ3) is 2.46. The first kappa shape index (κ1) is 13.6. The van der Waals surface area contributed by atoms with Crippen LogP contribution in [0.25, 0.3) is 0 Å². The molecule has 1 aromatic rings. The molecule has 2 aliphatic rings. The van der Waals surface area contributed by atoms with Crippen LogP contribution in [0.1, 0.15) is 51.8 Å². The van der Waals surface area contributed by atoms with E-state index in [9.17, 15) is 0 Å². The fourth-order valence-electron chi connectivity index (χ4n) is 2.88. The minimum absolute atomic E-state index is 0.121. The normalized spacial score (nSPS) is 27.9. The summed E-state index contributed by atoms with van der Waals surface area (Å²) in [5.74, 6) is 2.82. The molecule has 1 heterocycles. The van der Waals surface area contributed by atoms with E-state index >= 15 is 0 Å². The van der Waals surface area contributed by atoms with Gasteiger partial charge in [0, 0.05) is 30.0 Å². The van der Waals surface area contributed by atoms with Crippen molar-refractivity contribution in [2.45, 2.75) is 58.1 Å². The monoisotopic (exact) mass is 276 g/mol. The molecule has 2 saturated carbocycles. The van der Waals surface area contributed by atoms with Crippen LogP contribution in [0.5, 0.6) is 0 Å². The van der Waals surface area contributed by atoms with E-state index in [4.69, 9.17) is 10.5 Å². The van der Waals surface area contributed by atoms with E-state index in [1.165, 1.54) is 12.8 Å². The molecule has 20 heavy (non-hydrogen) atoms. The van der Waals surface area contributed by atoms with Gasteiger partial charge in [0.15, 0.2) is 0 Å². The second-order valence-corrected chi connectivity index (χ2v) is 6.51. The zero-order valence-electron chi connectivity index (χ0n) is 12.5. The Morgan fingerprint density at radius 1 is 1.40 bits per heavy atom. The van der Waals surface area contributed by atoms with Gasteiger partial charge < -0.3 is 15.8 Å². The Labute approximate surface area is 120 Å². The number of hydrogen-bond donors (Lipinski definition) is 2. The maximum atomic E-state index is 5.89. The molecule has 0 aliphatic heterocycles. The van der Waals surface area contributed by atoms with Crippen LogP contribution in [0.15, 0.2) is 6.07 Å². The zero-order valence-corrected chi connectivity index (χ0v) is 12.5. The number of rotatable bonds is 5. The Morgan fingerprint density at radius 3 is 2.75 bits per heavy atom. The number of nitrogens with one attached hydrogen (secondary N) is 1. The lowest BCUT2D eigenvalue weighted by molar-refractivity contribution is -0.0976. The summed E-state index contributed by atoms with van der Waals surface area (Å²) in [5, 5.41) is 3.51. The van der Waals surface area contributed by atoms with Gasteiger partial charge in [0.05, 0.1) is 6.10 Å². The lowest BCUT2D eigenvalue weighted by Gasteiger charge is -2.51. The van der Waals surface area contributed by atoms with Gasteiger partial charge in [-0.05, 0) is 26.2 Å². The van der Waals surface area contributed by atoms with Crippen molar-refractivity contribution in [3.8, 4) is 0 Å². The molecule has 110 valence electrons. The molecule has 0 spiro atoms. The highest BCUT2D eigenvalue weighted by Crippen LogP contribution is 2.44. The van der Waals surface area contributed by atoms with E-state index in [-0.39, 0.29) is 5.41 Å². The number of hydrogen-bond acceptors (Lipinski definition) is 5. The second-order valence-electron chi connectivity index (χ2n) is 6.51. The average molecular weight is 276 g/mol. The standard InChI is InChI=1S/C15H24N4O/c1-4-20-11-7-10(15(11,2)3)17-13-8-12(16)18-14(19-13)9-5-6-9/h8-11H,4-7H2,1-3H3,(H3,16,17,18,19). The van der Waals surface area contributed by atoms with E-state index in [0.717, 1.165) is 24.7 Å².